The fraction of sp³-hybridized carbons (Fsp3) is 0.525. The summed E-state index contributed by atoms with van der Waals surface area (Å²) >= 11 is 0. The Balaban J connectivity index is 1.14. The van der Waals surface area contributed by atoms with Gasteiger partial charge >= 0.3 is 11.6 Å². The Labute approximate surface area is 351 Å². The monoisotopic (exact) mass is 861 g/mol. The van der Waals surface area contributed by atoms with Gasteiger partial charge < -0.3 is 68.6 Å². The summed E-state index contributed by atoms with van der Waals surface area (Å²) in [6, 6.07) is 6.10. The minimum atomic E-state index is -0.910. The molecule has 1 aliphatic carbocycles. The number of aliphatic carboxylic acids is 1. The van der Waals surface area contributed by atoms with E-state index in [1.54, 1.807) is 12.1 Å². The largest absolute Gasteiger partial charge is 0.484 e. The molecule has 1 aromatic carbocycles. The van der Waals surface area contributed by atoms with Gasteiger partial charge in [-0.2, -0.15) is 0 Å². The van der Waals surface area contributed by atoms with Crippen LogP contribution in [0.4, 0.5) is 0 Å². The number of carbonyl (C=O) groups excluding carboxylic acids is 3. The number of nitrogens with zero attached hydrogens (tertiary/aromatic N) is 1. The minimum Gasteiger partial charge on any atom is -0.484 e. The molecule has 21 nitrogen and oxygen atoms in total. The molecule has 0 radical (unpaired) electrons. The van der Waals surface area contributed by atoms with Crippen molar-refractivity contribution in [1.82, 2.24) is 16.0 Å². The SMILES string of the molecule is N=C1C=C(C(=O)NCCCOCCOCCOCCCNC(=O)c2cc3ccc(OCC(=O)NCCOCCOCCOCCOCCC(=O)O)cc3oc2=O)C=C/C1=N/O. The van der Waals surface area contributed by atoms with Gasteiger partial charge in [0.1, 0.15) is 22.6 Å². The summed E-state index contributed by atoms with van der Waals surface area (Å²) < 4.78 is 48.6. The molecule has 61 heavy (non-hydrogen) atoms. The summed E-state index contributed by atoms with van der Waals surface area (Å²) in [4.78, 5) is 60.0. The van der Waals surface area contributed by atoms with E-state index in [2.05, 4.69) is 21.1 Å². The number of fused-ring (bicyclic) bond motifs is 1. The first-order chi connectivity index (χ1) is 29.7. The van der Waals surface area contributed by atoms with Crippen LogP contribution in [0.5, 0.6) is 5.75 Å². The lowest BCUT2D eigenvalue weighted by Crippen LogP contribution is -2.32. The summed E-state index contributed by atoms with van der Waals surface area (Å²) in [5, 5.41) is 36.6. The Kier molecular flexibility index (Phi) is 24.9. The molecular formula is C40H55N5O16. The topological polar surface area (TPSA) is 285 Å². The molecule has 3 rings (SSSR count). The number of amides is 3. The van der Waals surface area contributed by atoms with E-state index in [1.807, 2.05) is 0 Å². The average Bonchev–Trinajstić information content (AvgIpc) is 3.24. The van der Waals surface area contributed by atoms with Gasteiger partial charge in [0, 0.05) is 49.9 Å². The maximum absolute atomic E-state index is 12.7. The Hall–Kier alpha value is -5.55. The number of hydrogen-bond donors (Lipinski definition) is 6. The molecule has 6 N–H and O–H groups in total. The van der Waals surface area contributed by atoms with Crippen molar-refractivity contribution in [2.75, 3.05) is 119 Å². The first kappa shape index (κ1) is 49.8. The number of ether oxygens (including phenoxy) is 8. The van der Waals surface area contributed by atoms with Gasteiger partial charge in [-0.15, -0.1) is 0 Å². The molecule has 0 saturated heterocycles. The lowest BCUT2D eigenvalue weighted by molar-refractivity contribution is -0.138. The normalized spacial score (nSPS) is 13.0. The quantitative estimate of drug-likeness (QED) is 0.0187. The van der Waals surface area contributed by atoms with E-state index in [-0.39, 0.29) is 73.7 Å². The van der Waals surface area contributed by atoms with Gasteiger partial charge in [0.05, 0.1) is 91.4 Å². The second-order valence-corrected chi connectivity index (χ2v) is 12.8. The molecule has 0 unspecified atom stereocenters. The number of carboxylic acids is 1. The van der Waals surface area contributed by atoms with E-state index in [1.165, 1.54) is 30.4 Å². The molecular weight excluding hydrogens is 806 g/mol. The molecule has 0 fully saturated rings. The van der Waals surface area contributed by atoms with Crippen LogP contribution >= 0.6 is 0 Å². The predicted octanol–water partition coefficient (Wildman–Crippen LogP) is 0.851. The summed E-state index contributed by atoms with van der Waals surface area (Å²) in [6.45, 7) is 5.37. The van der Waals surface area contributed by atoms with Gasteiger partial charge in [-0.25, -0.2) is 4.79 Å². The predicted molar refractivity (Wildman–Crippen MR) is 218 cm³/mol. The highest BCUT2D eigenvalue weighted by molar-refractivity contribution is 6.50. The van der Waals surface area contributed by atoms with Crippen LogP contribution in [0, 0.1) is 5.41 Å². The molecule has 0 aliphatic heterocycles. The molecule has 336 valence electrons. The van der Waals surface area contributed by atoms with Crippen molar-refractivity contribution >= 4 is 46.1 Å². The molecule has 21 heteroatoms. The molecule has 1 aromatic heterocycles. The van der Waals surface area contributed by atoms with Crippen molar-refractivity contribution in [3.8, 4) is 5.75 Å². The van der Waals surface area contributed by atoms with Crippen LogP contribution in [-0.2, 0) is 47.5 Å². The Morgan fingerprint density at radius 1 is 0.672 bits per heavy atom. The van der Waals surface area contributed by atoms with E-state index in [4.69, 9.17) is 58.0 Å². The number of oxime groups is 1. The van der Waals surface area contributed by atoms with E-state index < -0.39 is 17.5 Å². The fourth-order valence-corrected chi connectivity index (χ4v) is 4.98. The van der Waals surface area contributed by atoms with Crippen LogP contribution in [-0.4, -0.2) is 164 Å². The lowest BCUT2D eigenvalue weighted by Gasteiger charge is -2.10. The van der Waals surface area contributed by atoms with Gasteiger partial charge in [-0.1, -0.05) is 5.16 Å². The molecule has 0 spiro atoms. The van der Waals surface area contributed by atoms with E-state index in [0.717, 1.165) is 0 Å². The van der Waals surface area contributed by atoms with Gasteiger partial charge in [0.25, 0.3) is 17.7 Å². The molecule has 3 amide bonds. The van der Waals surface area contributed by atoms with E-state index in [9.17, 15) is 24.0 Å². The van der Waals surface area contributed by atoms with Crippen molar-refractivity contribution in [2.24, 2.45) is 5.16 Å². The third-order valence-corrected chi connectivity index (χ3v) is 8.08. The highest BCUT2D eigenvalue weighted by atomic mass is 16.6. The van der Waals surface area contributed by atoms with Gasteiger partial charge in [-0.05, 0) is 49.3 Å². The molecule has 0 saturated carbocycles. The number of carboxylic acid groups (broad SMARTS) is 1. The average molecular weight is 862 g/mol. The summed E-state index contributed by atoms with van der Waals surface area (Å²) in [5.74, 6) is -1.90. The Morgan fingerprint density at radius 3 is 1.80 bits per heavy atom. The summed E-state index contributed by atoms with van der Waals surface area (Å²) in [6.07, 6.45) is 5.25. The van der Waals surface area contributed by atoms with Crippen LogP contribution < -0.4 is 26.3 Å². The van der Waals surface area contributed by atoms with Crippen molar-refractivity contribution in [1.29, 1.82) is 5.41 Å². The molecule has 0 bridgehead atoms. The van der Waals surface area contributed by atoms with Crippen molar-refractivity contribution in [3.05, 3.63) is 64.1 Å². The van der Waals surface area contributed by atoms with Gasteiger partial charge in [-0.3, -0.25) is 24.6 Å². The van der Waals surface area contributed by atoms with Crippen LogP contribution in [0.1, 0.15) is 29.6 Å². The number of nitrogens with one attached hydrogen (secondary N) is 4. The maximum Gasteiger partial charge on any atom is 0.349 e. The van der Waals surface area contributed by atoms with Gasteiger partial charge in [0.2, 0.25) is 0 Å². The third kappa shape index (κ3) is 21.5. The highest BCUT2D eigenvalue weighted by Crippen LogP contribution is 2.20. The number of carbonyl (C=O) groups is 4. The molecule has 0 atom stereocenters. The van der Waals surface area contributed by atoms with Crippen molar-refractivity contribution < 1.29 is 71.8 Å². The number of hydrogen-bond acceptors (Lipinski definition) is 17. The highest BCUT2D eigenvalue weighted by Gasteiger charge is 2.16. The van der Waals surface area contributed by atoms with Crippen molar-refractivity contribution in [2.45, 2.75) is 19.3 Å². The summed E-state index contributed by atoms with van der Waals surface area (Å²) in [7, 11) is 0. The third-order valence-electron chi connectivity index (χ3n) is 8.08. The number of benzene rings is 1. The standard InChI is InChI=1S/C40H55N5O16/c41-33-26-30(4-6-34(33)45-52)38(49)43-8-1-11-53-15-19-57-20-16-54-12-2-9-44-39(50)32-25-29-3-5-31(27-35(29)61-40(32)51)60-28-36(46)42-10-14-56-18-22-59-24-23-58-21-17-55-13-7-37(47)48/h3-6,25-27,41,52H,1-2,7-24,28H2,(H,42,46)(H,43,49)(H,44,50)(H,47,48)/b41-33?,45-34-. The molecule has 1 heterocycles. The fourth-order valence-electron chi connectivity index (χ4n) is 4.98. The van der Waals surface area contributed by atoms with Crippen LogP contribution in [0.2, 0.25) is 0 Å². The zero-order chi connectivity index (χ0) is 43.9. The molecule has 2 aromatic rings. The smallest absolute Gasteiger partial charge is 0.349 e. The van der Waals surface area contributed by atoms with Crippen LogP contribution in [0.15, 0.2) is 62.4 Å². The minimum absolute atomic E-state index is 0.0443. The van der Waals surface area contributed by atoms with E-state index >= 15 is 0 Å². The van der Waals surface area contributed by atoms with E-state index in [0.29, 0.717) is 115 Å². The second-order valence-electron chi connectivity index (χ2n) is 12.8. The second kappa shape index (κ2) is 30.5. The first-order valence-corrected chi connectivity index (χ1v) is 19.7. The number of allylic oxidation sites excluding steroid dienone is 2. The zero-order valence-corrected chi connectivity index (χ0v) is 33.9. The van der Waals surface area contributed by atoms with Crippen LogP contribution in [0.3, 0.4) is 0 Å². The van der Waals surface area contributed by atoms with Gasteiger partial charge in [0.15, 0.2) is 6.61 Å². The summed E-state index contributed by atoms with van der Waals surface area (Å²) in [5.41, 5.74) is -0.433. The lowest BCUT2D eigenvalue weighted by atomic mass is 10.0. The molecule has 1 aliphatic rings. The van der Waals surface area contributed by atoms with Crippen molar-refractivity contribution in [3.63, 3.8) is 0 Å². The first-order valence-electron chi connectivity index (χ1n) is 19.7. The zero-order valence-electron chi connectivity index (χ0n) is 33.9. The number of rotatable bonds is 34. The Bertz CT molecular complexity index is 1850. The Morgan fingerprint density at radius 2 is 1.23 bits per heavy atom. The maximum atomic E-state index is 12.7. The van der Waals surface area contributed by atoms with Crippen LogP contribution in [0.25, 0.3) is 11.0 Å².